The van der Waals surface area contributed by atoms with E-state index in [4.69, 9.17) is 0 Å². The van der Waals surface area contributed by atoms with Crippen LogP contribution in [-0.4, -0.2) is 35.1 Å². The number of carbonyl (C=O) groups is 2. The Morgan fingerprint density at radius 3 is 2.48 bits per heavy atom. The molecule has 122 valence electrons. The van der Waals surface area contributed by atoms with Crippen molar-refractivity contribution in [3.8, 4) is 11.3 Å². The number of nitrogens with one attached hydrogen (secondary N) is 3. The van der Waals surface area contributed by atoms with E-state index in [1.165, 1.54) is 0 Å². The third-order valence-corrected chi connectivity index (χ3v) is 3.73. The number of amides is 2. The number of hydrogen-bond acceptors (Lipinski definition) is 3. The van der Waals surface area contributed by atoms with Gasteiger partial charge in [-0.1, -0.05) is 41.9 Å². The number of aromatic amines is 1. The van der Waals surface area contributed by atoms with Gasteiger partial charge in [0, 0.05) is 29.0 Å². The van der Waals surface area contributed by atoms with Gasteiger partial charge in [-0.3, -0.25) is 14.7 Å². The Kier molecular flexibility index (Phi) is 5.92. The van der Waals surface area contributed by atoms with E-state index in [0.29, 0.717) is 24.5 Å². The standard InChI is InChI=1S/C16H19BrN4O2/c1-10(2)15(22)18-7-8-19-16(23)14-9-13(20-21-14)11-3-5-12(17)6-4-11/h3-6,9-10H,7-8H2,1-2H3,(H,18,22)(H,19,23)(H,20,21). The van der Waals surface area contributed by atoms with Gasteiger partial charge in [-0.05, 0) is 18.2 Å². The molecule has 0 atom stereocenters. The molecule has 2 amide bonds. The largest absolute Gasteiger partial charge is 0.354 e. The number of halogens is 1. The predicted octanol–water partition coefficient (Wildman–Crippen LogP) is 2.34. The summed E-state index contributed by atoms with van der Waals surface area (Å²) in [5, 5.41) is 12.3. The first-order valence-corrected chi connectivity index (χ1v) is 8.14. The van der Waals surface area contributed by atoms with E-state index >= 15 is 0 Å². The molecule has 0 aliphatic heterocycles. The van der Waals surface area contributed by atoms with E-state index < -0.39 is 0 Å². The molecule has 0 aliphatic carbocycles. The molecule has 6 nitrogen and oxygen atoms in total. The molecule has 2 rings (SSSR count). The van der Waals surface area contributed by atoms with Crippen LogP contribution in [0.25, 0.3) is 11.3 Å². The number of aromatic nitrogens is 2. The topological polar surface area (TPSA) is 86.9 Å². The van der Waals surface area contributed by atoms with Crippen molar-refractivity contribution in [2.45, 2.75) is 13.8 Å². The van der Waals surface area contributed by atoms with Gasteiger partial charge in [-0.25, -0.2) is 0 Å². The fourth-order valence-electron chi connectivity index (χ4n) is 1.87. The average Bonchev–Trinajstić information content (AvgIpc) is 3.01. The highest BCUT2D eigenvalue weighted by Crippen LogP contribution is 2.20. The third-order valence-electron chi connectivity index (χ3n) is 3.20. The van der Waals surface area contributed by atoms with Gasteiger partial charge in [-0.2, -0.15) is 5.10 Å². The highest BCUT2D eigenvalue weighted by Gasteiger charge is 2.11. The van der Waals surface area contributed by atoms with Crippen LogP contribution < -0.4 is 10.6 Å². The van der Waals surface area contributed by atoms with Crippen molar-refractivity contribution in [3.05, 3.63) is 40.5 Å². The Morgan fingerprint density at radius 1 is 1.17 bits per heavy atom. The van der Waals surface area contributed by atoms with Crippen LogP contribution >= 0.6 is 15.9 Å². The second-order valence-electron chi connectivity index (χ2n) is 5.38. The van der Waals surface area contributed by atoms with Crippen molar-refractivity contribution in [1.29, 1.82) is 0 Å². The summed E-state index contributed by atoms with van der Waals surface area (Å²) in [7, 11) is 0. The van der Waals surface area contributed by atoms with E-state index in [2.05, 4.69) is 36.8 Å². The zero-order chi connectivity index (χ0) is 16.8. The normalized spacial score (nSPS) is 10.6. The molecule has 0 aliphatic rings. The smallest absolute Gasteiger partial charge is 0.269 e. The van der Waals surface area contributed by atoms with Gasteiger partial charge in [0.15, 0.2) is 0 Å². The van der Waals surface area contributed by atoms with E-state index in [1.807, 2.05) is 38.1 Å². The quantitative estimate of drug-likeness (QED) is 0.674. The molecule has 1 aromatic heterocycles. The van der Waals surface area contributed by atoms with Crippen molar-refractivity contribution in [2.75, 3.05) is 13.1 Å². The first-order chi connectivity index (χ1) is 11.0. The number of H-pyrrole nitrogens is 1. The van der Waals surface area contributed by atoms with Crippen LogP contribution in [0.1, 0.15) is 24.3 Å². The summed E-state index contributed by atoms with van der Waals surface area (Å²) in [5.41, 5.74) is 2.02. The minimum Gasteiger partial charge on any atom is -0.354 e. The first kappa shape index (κ1) is 17.2. The summed E-state index contributed by atoms with van der Waals surface area (Å²) < 4.78 is 0.984. The maximum absolute atomic E-state index is 12.0. The minimum absolute atomic E-state index is 0.0293. The second-order valence-corrected chi connectivity index (χ2v) is 6.29. The van der Waals surface area contributed by atoms with Crippen LogP contribution in [0.5, 0.6) is 0 Å². The van der Waals surface area contributed by atoms with Gasteiger partial charge in [0.05, 0.1) is 5.69 Å². The summed E-state index contributed by atoms with van der Waals surface area (Å²) in [6.07, 6.45) is 0. The lowest BCUT2D eigenvalue weighted by Gasteiger charge is -2.07. The van der Waals surface area contributed by atoms with Gasteiger partial charge in [-0.15, -0.1) is 0 Å². The summed E-state index contributed by atoms with van der Waals surface area (Å²) >= 11 is 3.38. The van der Waals surface area contributed by atoms with Gasteiger partial charge >= 0.3 is 0 Å². The van der Waals surface area contributed by atoms with Gasteiger partial charge in [0.2, 0.25) is 5.91 Å². The fraction of sp³-hybridized carbons (Fsp3) is 0.312. The van der Waals surface area contributed by atoms with Crippen molar-refractivity contribution in [1.82, 2.24) is 20.8 Å². The molecule has 3 N–H and O–H groups in total. The molecule has 0 saturated heterocycles. The Morgan fingerprint density at radius 2 is 1.83 bits per heavy atom. The maximum Gasteiger partial charge on any atom is 0.269 e. The molecule has 0 radical (unpaired) electrons. The summed E-state index contributed by atoms with van der Waals surface area (Å²) in [5.74, 6) is -0.343. The molecule has 0 bridgehead atoms. The molecular formula is C16H19BrN4O2. The lowest BCUT2D eigenvalue weighted by molar-refractivity contribution is -0.123. The summed E-state index contributed by atoms with van der Waals surface area (Å²) in [6.45, 7) is 4.41. The van der Waals surface area contributed by atoms with Crippen LogP contribution in [0.2, 0.25) is 0 Å². The molecular weight excluding hydrogens is 360 g/mol. The molecule has 7 heteroatoms. The summed E-state index contributed by atoms with van der Waals surface area (Å²) in [4.78, 5) is 23.4. The van der Waals surface area contributed by atoms with E-state index in [-0.39, 0.29) is 17.7 Å². The van der Waals surface area contributed by atoms with Crippen molar-refractivity contribution in [3.63, 3.8) is 0 Å². The third kappa shape index (κ3) is 4.92. The SMILES string of the molecule is CC(C)C(=O)NCCNC(=O)c1cc(-c2ccc(Br)cc2)n[nH]1. The van der Waals surface area contributed by atoms with E-state index in [1.54, 1.807) is 6.07 Å². The lowest BCUT2D eigenvalue weighted by Crippen LogP contribution is -2.36. The molecule has 1 heterocycles. The number of carbonyl (C=O) groups excluding carboxylic acids is 2. The number of nitrogens with zero attached hydrogens (tertiary/aromatic N) is 1. The van der Waals surface area contributed by atoms with Gasteiger partial charge in [0.25, 0.3) is 5.91 Å². The van der Waals surface area contributed by atoms with E-state index in [9.17, 15) is 9.59 Å². The maximum atomic E-state index is 12.0. The molecule has 0 unspecified atom stereocenters. The Balaban J connectivity index is 1.86. The van der Waals surface area contributed by atoms with Crippen LogP contribution in [-0.2, 0) is 4.79 Å². The molecule has 23 heavy (non-hydrogen) atoms. The van der Waals surface area contributed by atoms with Crippen LogP contribution in [0.4, 0.5) is 0 Å². The average molecular weight is 379 g/mol. The van der Waals surface area contributed by atoms with Crippen LogP contribution in [0.3, 0.4) is 0 Å². The predicted molar refractivity (Wildman–Crippen MR) is 91.9 cm³/mol. The number of hydrogen-bond donors (Lipinski definition) is 3. The summed E-state index contributed by atoms with van der Waals surface area (Å²) in [6, 6.07) is 9.38. The Labute approximate surface area is 143 Å². The molecule has 2 aromatic rings. The van der Waals surface area contributed by atoms with Gasteiger partial charge in [0.1, 0.15) is 5.69 Å². The first-order valence-electron chi connectivity index (χ1n) is 7.34. The highest BCUT2D eigenvalue weighted by atomic mass is 79.9. The van der Waals surface area contributed by atoms with Crippen molar-refractivity contribution in [2.24, 2.45) is 5.92 Å². The zero-order valence-corrected chi connectivity index (χ0v) is 14.6. The van der Waals surface area contributed by atoms with Crippen molar-refractivity contribution >= 4 is 27.7 Å². The zero-order valence-electron chi connectivity index (χ0n) is 13.0. The van der Waals surface area contributed by atoms with Crippen LogP contribution in [0, 0.1) is 5.92 Å². The molecule has 1 aromatic carbocycles. The Bertz CT molecular complexity index is 680. The molecule has 0 saturated carbocycles. The van der Waals surface area contributed by atoms with Crippen LogP contribution in [0.15, 0.2) is 34.8 Å². The number of rotatable bonds is 6. The molecule has 0 spiro atoms. The monoisotopic (exact) mass is 378 g/mol. The highest BCUT2D eigenvalue weighted by molar-refractivity contribution is 9.10. The number of benzene rings is 1. The van der Waals surface area contributed by atoms with Gasteiger partial charge < -0.3 is 10.6 Å². The fourth-order valence-corrected chi connectivity index (χ4v) is 2.13. The minimum atomic E-state index is -0.250. The second kappa shape index (κ2) is 7.92. The lowest BCUT2D eigenvalue weighted by atomic mass is 10.1. The van der Waals surface area contributed by atoms with Crippen molar-refractivity contribution < 1.29 is 9.59 Å². The molecule has 0 fully saturated rings. The Hall–Kier alpha value is -2.15. The van der Waals surface area contributed by atoms with E-state index in [0.717, 1.165) is 10.0 Å².